The molecule has 0 aliphatic rings. The summed E-state index contributed by atoms with van der Waals surface area (Å²) in [5.74, 6) is 0. The fourth-order valence-corrected chi connectivity index (χ4v) is 1.43. The molecule has 0 aromatic carbocycles. The normalized spacial score (nSPS) is 13.7. The van der Waals surface area contributed by atoms with Crippen molar-refractivity contribution in [1.29, 1.82) is 0 Å². The van der Waals surface area contributed by atoms with Gasteiger partial charge in [0.2, 0.25) is 0 Å². The SMILES string of the molecule is CCCC(CCN)NI. The molecule has 2 nitrogen and oxygen atoms in total. The first kappa shape index (κ1) is 9.65. The van der Waals surface area contributed by atoms with E-state index in [9.17, 15) is 0 Å². The van der Waals surface area contributed by atoms with Crippen LogP contribution in [0.2, 0.25) is 0 Å². The summed E-state index contributed by atoms with van der Waals surface area (Å²) in [6.45, 7) is 2.98. The van der Waals surface area contributed by atoms with E-state index in [0.717, 1.165) is 13.0 Å². The maximum atomic E-state index is 5.39. The van der Waals surface area contributed by atoms with E-state index in [1.807, 2.05) is 0 Å². The number of rotatable bonds is 5. The summed E-state index contributed by atoms with van der Waals surface area (Å²) in [5.41, 5.74) is 5.39. The second kappa shape index (κ2) is 6.77. The lowest BCUT2D eigenvalue weighted by molar-refractivity contribution is 0.549. The van der Waals surface area contributed by atoms with Crippen molar-refractivity contribution in [3.05, 3.63) is 0 Å². The molecule has 0 saturated heterocycles. The molecule has 9 heavy (non-hydrogen) atoms. The van der Waals surface area contributed by atoms with E-state index in [-0.39, 0.29) is 0 Å². The Morgan fingerprint density at radius 1 is 1.56 bits per heavy atom. The molecule has 0 aromatic heterocycles. The molecule has 0 heterocycles. The van der Waals surface area contributed by atoms with Gasteiger partial charge in [-0.3, -0.25) is 3.53 Å². The summed E-state index contributed by atoms with van der Waals surface area (Å²) in [5, 5.41) is 0. The fourth-order valence-electron chi connectivity index (χ4n) is 0.803. The third-order valence-corrected chi connectivity index (χ3v) is 2.19. The molecule has 3 heteroatoms. The third kappa shape index (κ3) is 5.11. The molecule has 1 atom stereocenters. The van der Waals surface area contributed by atoms with Gasteiger partial charge in [0.1, 0.15) is 0 Å². The van der Waals surface area contributed by atoms with Crippen molar-refractivity contribution in [2.24, 2.45) is 5.73 Å². The summed E-state index contributed by atoms with van der Waals surface area (Å²) < 4.78 is 3.19. The molecule has 3 N–H and O–H groups in total. The van der Waals surface area contributed by atoms with Gasteiger partial charge in [0, 0.05) is 28.9 Å². The number of nitrogens with two attached hydrogens (primary N) is 1. The van der Waals surface area contributed by atoms with Crippen LogP contribution in [0.1, 0.15) is 26.2 Å². The van der Waals surface area contributed by atoms with Gasteiger partial charge in [-0.05, 0) is 19.4 Å². The molecule has 0 fully saturated rings. The van der Waals surface area contributed by atoms with Crippen LogP contribution in [0.3, 0.4) is 0 Å². The van der Waals surface area contributed by atoms with Crippen LogP contribution in [0, 0.1) is 0 Å². The van der Waals surface area contributed by atoms with Gasteiger partial charge in [0.05, 0.1) is 0 Å². The van der Waals surface area contributed by atoms with Gasteiger partial charge in [0.15, 0.2) is 0 Å². The van der Waals surface area contributed by atoms with Crippen molar-refractivity contribution in [3.8, 4) is 0 Å². The second-order valence-corrected chi connectivity index (χ2v) is 2.79. The third-order valence-electron chi connectivity index (χ3n) is 1.31. The van der Waals surface area contributed by atoms with Gasteiger partial charge < -0.3 is 5.73 Å². The Bertz CT molecular complexity index is 53.0. The Kier molecular flexibility index (Phi) is 7.25. The van der Waals surface area contributed by atoms with Crippen LogP contribution in [0.25, 0.3) is 0 Å². The lowest BCUT2D eigenvalue weighted by Gasteiger charge is -2.11. The maximum absolute atomic E-state index is 5.39. The van der Waals surface area contributed by atoms with Crippen LogP contribution >= 0.6 is 22.9 Å². The predicted molar refractivity (Wildman–Crippen MR) is 49.5 cm³/mol. The minimum absolute atomic E-state index is 0.626. The first-order chi connectivity index (χ1) is 4.35. The molecule has 0 saturated carbocycles. The zero-order valence-electron chi connectivity index (χ0n) is 5.86. The molecule has 0 aromatic rings. The van der Waals surface area contributed by atoms with Crippen LogP contribution in [0.4, 0.5) is 0 Å². The minimum Gasteiger partial charge on any atom is -0.330 e. The Morgan fingerprint density at radius 3 is 2.56 bits per heavy atom. The quantitative estimate of drug-likeness (QED) is 0.565. The molecule has 1 unspecified atom stereocenters. The standard InChI is InChI=1S/C6H15IN2/c1-2-3-6(9-7)4-5-8/h6,9H,2-5,8H2,1H3. The first-order valence-corrected chi connectivity index (χ1v) is 4.49. The van der Waals surface area contributed by atoms with E-state index in [1.165, 1.54) is 12.8 Å². The second-order valence-electron chi connectivity index (χ2n) is 2.17. The highest BCUT2D eigenvalue weighted by Gasteiger charge is 2.01. The van der Waals surface area contributed by atoms with Crippen molar-refractivity contribution < 1.29 is 0 Å². The molecule has 0 aliphatic heterocycles. The maximum Gasteiger partial charge on any atom is 0.0175 e. The molecule has 0 spiro atoms. The molecular weight excluding hydrogens is 227 g/mol. The number of hydrogen-bond donors (Lipinski definition) is 2. The monoisotopic (exact) mass is 242 g/mol. The number of halogens is 1. The van der Waals surface area contributed by atoms with Crippen LogP contribution in [0.15, 0.2) is 0 Å². The largest absolute Gasteiger partial charge is 0.330 e. The van der Waals surface area contributed by atoms with Gasteiger partial charge in [-0.1, -0.05) is 13.3 Å². The Labute approximate surface area is 71.1 Å². The average molecular weight is 242 g/mol. The summed E-state index contributed by atoms with van der Waals surface area (Å²) in [4.78, 5) is 0. The van der Waals surface area contributed by atoms with Crippen molar-refractivity contribution in [3.63, 3.8) is 0 Å². The highest BCUT2D eigenvalue weighted by Crippen LogP contribution is 2.01. The Morgan fingerprint density at radius 2 is 2.22 bits per heavy atom. The van der Waals surface area contributed by atoms with E-state index < -0.39 is 0 Å². The van der Waals surface area contributed by atoms with E-state index >= 15 is 0 Å². The summed E-state index contributed by atoms with van der Waals surface area (Å²) in [7, 11) is 0. The summed E-state index contributed by atoms with van der Waals surface area (Å²) in [6, 6.07) is 0.626. The number of hydrogen-bond acceptors (Lipinski definition) is 2. The van der Waals surface area contributed by atoms with E-state index in [0.29, 0.717) is 6.04 Å². The van der Waals surface area contributed by atoms with Crippen molar-refractivity contribution in [1.82, 2.24) is 3.53 Å². The molecule has 56 valence electrons. The fraction of sp³-hybridized carbons (Fsp3) is 1.00. The van der Waals surface area contributed by atoms with Crippen LogP contribution in [0.5, 0.6) is 0 Å². The smallest absolute Gasteiger partial charge is 0.0175 e. The summed E-state index contributed by atoms with van der Waals surface area (Å²) in [6.07, 6.45) is 3.57. The van der Waals surface area contributed by atoms with Crippen LogP contribution < -0.4 is 9.26 Å². The van der Waals surface area contributed by atoms with Crippen molar-refractivity contribution in [2.75, 3.05) is 6.54 Å². The van der Waals surface area contributed by atoms with Gasteiger partial charge in [-0.25, -0.2) is 0 Å². The van der Waals surface area contributed by atoms with Crippen molar-refractivity contribution in [2.45, 2.75) is 32.2 Å². The molecule has 0 aliphatic carbocycles. The molecule has 0 bridgehead atoms. The van der Waals surface area contributed by atoms with Gasteiger partial charge in [-0.2, -0.15) is 0 Å². The minimum atomic E-state index is 0.626. The summed E-state index contributed by atoms with van der Waals surface area (Å²) >= 11 is 2.19. The van der Waals surface area contributed by atoms with E-state index in [4.69, 9.17) is 5.73 Å². The zero-order valence-corrected chi connectivity index (χ0v) is 8.02. The molecular formula is C6H15IN2. The lowest BCUT2D eigenvalue weighted by Crippen LogP contribution is -2.23. The Hall–Kier alpha value is 0.650. The number of nitrogens with one attached hydrogen (secondary N) is 1. The highest BCUT2D eigenvalue weighted by molar-refractivity contribution is 14.1. The molecule has 0 amide bonds. The predicted octanol–water partition coefficient (Wildman–Crippen LogP) is 1.44. The van der Waals surface area contributed by atoms with Gasteiger partial charge in [-0.15, -0.1) is 0 Å². The molecule has 0 rings (SSSR count). The van der Waals surface area contributed by atoms with Crippen LogP contribution in [-0.2, 0) is 0 Å². The topological polar surface area (TPSA) is 38.0 Å². The molecule has 0 radical (unpaired) electrons. The van der Waals surface area contributed by atoms with Crippen LogP contribution in [-0.4, -0.2) is 12.6 Å². The van der Waals surface area contributed by atoms with E-state index in [1.54, 1.807) is 0 Å². The highest BCUT2D eigenvalue weighted by atomic mass is 127. The van der Waals surface area contributed by atoms with E-state index in [2.05, 4.69) is 33.3 Å². The lowest BCUT2D eigenvalue weighted by atomic mass is 10.1. The van der Waals surface area contributed by atoms with Gasteiger partial charge >= 0.3 is 0 Å². The average Bonchev–Trinajstić information content (AvgIpc) is 1.88. The van der Waals surface area contributed by atoms with Crippen molar-refractivity contribution >= 4 is 22.9 Å². The Balaban J connectivity index is 3.18. The first-order valence-electron chi connectivity index (χ1n) is 3.41. The zero-order chi connectivity index (χ0) is 7.11. The van der Waals surface area contributed by atoms with Gasteiger partial charge in [0.25, 0.3) is 0 Å².